The van der Waals surface area contributed by atoms with E-state index in [1.807, 2.05) is 20.8 Å². The molecule has 6 N–H and O–H groups in total. The lowest BCUT2D eigenvalue weighted by molar-refractivity contribution is -0.242. The third-order valence-corrected chi connectivity index (χ3v) is 7.48. The van der Waals surface area contributed by atoms with Gasteiger partial charge in [-0.05, 0) is 52.1 Å². The number of para-hydroxylation sites is 2. The lowest BCUT2D eigenvalue weighted by Crippen LogP contribution is -2.44. The van der Waals surface area contributed by atoms with Gasteiger partial charge in [-0.15, -0.1) is 0 Å². The molecule has 2 aromatic carbocycles. The number of amides is 1. The molecule has 1 heterocycles. The van der Waals surface area contributed by atoms with Gasteiger partial charge in [0.2, 0.25) is 16.4 Å². The van der Waals surface area contributed by atoms with E-state index in [-0.39, 0.29) is 49.4 Å². The fourth-order valence-corrected chi connectivity index (χ4v) is 4.58. The molecule has 0 aliphatic heterocycles. The molecule has 0 radical (unpaired) electrons. The van der Waals surface area contributed by atoms with Gasteiger partial charge in [-0.2, -0.15) is 0 Å². The van der Waals surface area contributed by atoms with Crippen molar-refractivity contribution in [1.82, 2.24) is 19.6 Å². The van der Waals surface area contributed by atoms with Gasteiger partial charge in [0.1, 0.15) is 12.4 Å². The minimum Gasteiger partial charge on any atom is -0.489 e. The van der Waals surface area contributed by atoms with Crippen LogP contribution < -0.4 is 20.5 Å². The van der Waals surface area contributed by atoms with E-state index in [9.17, 15) is 23.4 Å². The molecule has 1 atom stereocenters. The Hall–Kier alpha value is -3.70. The van der Waals surface area contributed by atoms with Gasteiger partial charge in [0.25, 0.3) is 5.91 Å². The molecule has 1 unspecified atom stereocenters. The highest BCUT2D eigenvalue weighted by Gasteiger charge is 2.22. The molecule has 0 aliphatic carbocycles. The summed E-state index contributed by atoms with van der Waals surface area (Å²) >= 11 is 0. The number of ether oxygens (including phenoxy) is 3. The maximum atomic E-state index is 13.2. The number of aliphatic hydroxyl groups excluding tert-OH is 2. The number of nitrogen functional groups attached to an aromatic ring is 1. The maximum absolute atomic E-state index is 13.2. The monoisotopic (exact) mass is 632 g/mol. The summed E-state index contributed by atoms with van der Waals surface area (Å²) < 4.78 is 43.3. The predicted molar refractivity (Wildman–Crippen MR) is 164 cm³/mol. The zero-order chi connectivity index (χ0) is 32.3. The van der Waals surface area contributed by atoms with Gasteiger partial charge in [0.15, 0.2) is 11.5 Å². The van der Waals surface area contributed by atoms with Crippen molar-refractivity contribution in [2.45, 2.75) is 37.7 Å². The van der Waals surface area contributed by atoms with Gasteiger partial charge in [-0.3, -0.25) is 9.69 Å². The molecule has 44 heavy (non-hydrogen) atoms. The molecule has 0 bridgehead atoms. The summed E-state index contributed by atoms with van der Waals surface area (Å²) in [6.45, 7) is 6.52. The topological polar surface area (TPSA) is 198 Å². The van der Waals surface area contributed by atoms with Crippen LogP contribution in [0.1, 0.15) is 31.3 Å². The van der Waals surface area contributed by atoms with Crippen molar-refractivity contribution in [1.29, 1.82) is 0 Å². The Kier molecular flexibility index (Phi) is 12.5. The number of hydrogen-bond acceptors (Lipinski definition) is 12. The second kappa shape index (κ2) is 15.9. The average molecular weight is 633 g/mol. The number of anilines is 2. The normalized spacial score (nSPS) is 12.7. The van der Waals surface area contributed by atoms with Crippen LogP contribution in [0, 0.1) is 0 Å². The first-order chi connectivity index (χ1) is 20.8. The second-order valence-corrected chi connectivity index (χ2v) is 12.3. The molecule has 0 saturated carbocycles. The zero-order valence-corrected chi connectivity index (χ0v) is 26.0. The summed E-state index contributed by atoms with van der Waals surface area (Å²) in [7, 11) is -2.28. The SMILES string of the molecule is CNS(=O)(=O)c1ccc(-c2cnc(N)c(C(=O)Nc3ccccc3OCCOCCN(CCO)C(O)OC(C)(C)C)n2)cc1. The first kappa shape index (κ1) is 34.8. The first-order valence-electron chi connectivity index (χ1n) is 13.8. The summed E-state index contributed by atoms with van der Waals surface area (Å²) in [4.78, 5) is 23.3. The Morgan fingerprint density at radius 3 is 2.43 bits per heavy atom. The lowest BCUT2D eigenvalue weighted by Gasteiger charge is -2.32. The summed E-state index contributed by atoms with van der Waals surface area (Å²) in [5, 5.41) is 22.3. The highest BCUT2D eigenvalue weighted by atomic mass is 32.2. The van der Waals surface area contributed by atoms with Crippen molar-refractivity contribution in [3.63, 3.8) is 0 Å². The van der Waals surface area contributed by atoms with Gasteiger partial charge < -0.3 is 35.5 Å². The minimum absolute atomic E-state index is 0.0827. The smallest absolute Gasteiger partial charge is 0.278 e. The molecule has 1 amide bonds. The van der Waals surface area contributed by atoms with Crippen LogP contribution in [0.25, 0.3) is 11.3 Å². The van der Waals surface area contributed by atoms with Crippen LogP contribution in [0.4, 0.5) is 11.5 Å². The average Bonchev–Trinajstić information content (AvgIpc) is 2.98. The minimum atomic E-state index is -3.60. The van der Waals surface area contributed by atoms with Gasteiger partial charge in [-0.1, -0.05) is 24.3 Å². The van der Waals surface area contributed by atoms with Gasteiger partial charge in [-0.25, -0.2) is 23.1 Å². The van der Waals surface area contributed by atoms with Crippen molar-refractivity contribution in [2.24, 2.45) is 0 Å². The van der Waals surface area contributed by atoms with Crippen LogP contribution in [0.2, 0.25) is 0 Å². The molecule has 14 nitrogen and oxygen atoms in total. The molecule has 3 aromatic rings. The third kappa shape index (κ3) is 10.2. The number of carbonyl (C=O) groups excluding carboxylic acids is 1. The van der Waals surface area contributed by atoms with Gasteiger partial charge >= 0.3 is 0 Å². The molecule has 0 spiro atoms. The number of nitrogens with two attached hydrogens (primary N) is 1. The molecule has 3 rings (SSSR count). The van der Waals surface area contributed by atoms with Gasteiger partial charge in [0.05, 0.1) is 47.9 Å². The highest BCUT2D eigenvalue weighted by Crippen LogP contribution is 2.26. The molecule has 1 aromatic heterocycles. The van der Waals surface area contributed by atoms with E-state index < -0.39 is 27.9 Å². The van der Waals surface area contributed by atoms with Crippen LogP contribution in [0.3, 0.4) is 0 Å². The molecule has 15 heteroatoms. The van der Waals surface area contributed by atoms with Crippen molar-refractivity contribution in [3.8, 4) is 17.0 Å². The van der Waals surface area contributed by atoms with E-state index in [2.05, 4.69) is 20.0 Å². The number of aromatic nitrogens is 2. The number of aliphatic hydroxyl groups is 2. The number of nitrogens with one attached hydrogen (secondary N) is 2. The molecule has 0 fully saturated rings. The zero-order valence-electron chi connectivity index (χ0n) is 25.2. The van der Waals surface area contributed by atoms with Crippen LogP contribution in [-0.4, -0.2) is 98.0 Å². The lowest BCUT2D eigenvalue weighted by atomic mass is 10.1. The number of sulfonamides is 1. The van der Waals surface area contributed by atoms with Crippen LogP contribution in [0.15, 0.2) is 59.6 Å². The van der Waals surface area contributed by atoms with Crippen LogP contribution >= 0.6 is 0 Å². The number of hydrogen-bond donors (Lipinski definition) is 5. The van der Waals surface area contributed by atoms with Crippen LogP contribution in [0.5, 0.6) is 5.75 Å². The van der Waals surface area contributed by atoms with Crippen molar-refractivity contribution in [3.05, 3.63) is 60.4 Å². The summed E-state index contributed by atoms with van der Waals surface area (Å²) in [6, 6.07) is 12.8. The second-order valence-electron chi connectivity index (χ2n) is 10.4. The summed E-state index contributed by atoms with van der Waals surface area (Å²) in [6.07, 6.45) is 0.214. The fraction of sp³-hybridized carbons (Fsp3) is 0.414. The van der Waals surface area contributed by atoms with E-state index in [0.29, 0.717) is 29.2 Å². The number of nitrogens with zero attached hydrogens (tertiary/aromatic N) is 3. The number of benzene rings is 2. The Bertz CT molecular complexity index is 1480. The quantitative estimate of drug-likeness (QED) is 0.113. The molecule has 0 aliphatic rings. The molecular weight excluding hydrogens is 592 g/mol. The fourth-order valence-electron chi connectivity index (χ4n) is 3.85. The van der Waals surface area contributed by atoms with E-state index in [4.69, 9.17) is 19.9 Å². The Morgan fingerprint density at radius 1 is 1.07 bits per heavy atom. The van der Waals surface area contributed by atoms with Crippen molar-refractivity contribution in [2.75, 3.05) is 57.6 Å². The third-order valence-electron chi connectivity index (χ3n) is 6.05. The predicted octanol–water partition coefficient (Wildman–Crippen LogP) is 1.67. The largest absolute Gasteiger partial charge is 0.489 e. The summed E-state index contributed by atoms with van der Waals surface area (Å²) in [5.41, 5.74) is 6.54. The van der Waals surface area contributed by atoms with E-state index in [0.717, 1.165) is 0 Å². The molecule has 240 valence electrons. The van der Waals surface area contributed by atoms with Crippen molar-refractivity contribution < 1.29 is 37.6 Å². The standard InChI is InChI=1S/C29H40N6O8S/c1-29(2,3)43-28(38)35(13-15-36)14-16-41-17-18-42-24-8-6-5-7-22(24)34-27(37)25-26(30)32-19-23(33-25)20-9-11-21(12-10-20)44(39,40)31-4/h5-12,19,28,31,36,38H,13-18H2,1-4H3,(H2,30,32)(H,34,37). The van der Waals surface area contributed by atoms with Crippen LogP contribution in [-0.2, 0) is 19.5 Å². The molecular formula is C29H40N6O8S. The summed E-state index contributed by atoms with van der Waals surface area (Å²) in [5.74, 6) is -0.302. The Labute approximate surface area is 257 Å². The Morgan fingerprint density at radius 2 is 1.77 bits per heavy atom. The van der Waals surface area contributed by atoms with Gasteiger partial charge in [0, 0.05) is 18.7 Å². The number of carbonyl (C=O) groups is 1. The van der Waals surface area contributed by atoms with Crippen molar-refractivity contribution >= 4 is 27.4 Å². The van der Waals surface area contributed by atoms with E-state index >= 15 is 0 Å². The highest BCUT2D eigenvalue weighted by molar-refractivity contribution is 7.89. The first-order valence-corrected chi connectivity index (χ1v) is 15.3. The van der Waals surface area contributed by atoms with E-state index in [1.165, 1.54) is 25.4 Å². The van der Waals surface area contributed by atoms with E-state index in [1.54, 1.807) is 41.3 Å². The molecule has 0 saturated heterocycles. The number of rotatable bonds is 16. The maximum Gasteiger partial charge on any atom is 0.278 e. The Balaban J connectivity index is 1.58.